The summed E-state index contributed by atoms with van der Waals surface area (Å²) in [6, 6.07) is 0. The summed E-state index contributed by atoms with van der Waals surface area (Å²) in [4.78, 5) is 10.6. The fourth-order valence-electron chi connectivity index (χ4n) is 0.940. The van der Waals surface area contributed by atoms with Crippen LogP contribution in [0.15, 0.2) is 12.2 Å². The van der Waals surface area contributed by atoms with Gasteiger partial charge in [-0.2, -0.15) is 0 Å². The van der Waals surface area contributed by atoms with Crippen LogP contribution >= 0.6 is 0 Å². The molecule has 0 saturated carbocycles. The van der Waals surface area contributed by atoms with Crippen molar-refractivity contribution in [1.29, 1.82) is 0 Å². The number of hydrogen-bond acceptors (Lipinski definition) is 2. The first-order valence-corrected chi connectivity index (χ1v) is 3.97. The van der Waals surface area contributed by atoms with E-state index >= 15 is 0 Å². The van der Waals surface area contributed by atoms with E-state index in [2.05, 4.69) is 11.4 Å². The molecule has 0 bridgehead atoms. The molecule has 64 valence electrons. The van der Waals surface area contributed by atoms with Gasteiger partial charge in [-0.15, -0.1) is 0 Å². The van der Waals surface area contributed by atoms with Gasteiger partial charge in [0.05, 0.1) is 0 Å². The predicted octanol–water partition coefficient (Wildman–Crippen LogP) is 1.38. The molecular weight excluding hydrogens is 138 g/mol. The summed E-state index contributed by atoms with van der Waals surface area (Å²) in [6.07, 6.45) is 4.77. The average Bonchev–Trinajstić information content (AvgIpc) is 1.86. The zero-order valence-corrected chi connectivity index (χ0v) is 7.55. The Bertz CT molecular complexity index is 140. The first-order valence-electron chi connectivity index (χ1n) is 3.97. The zero-order chi connectivity index (χ0) is 8.69. The first kappa shape index (κ1) is 10.4. The third kappa shape index (κ3) is 7.26. The molecule has 0 radical (unpaired) electrons. The first-order chi connectivity index (χ1) is 5.16. The van der Waals surface area contributed by atoms with Gasteiger partial charge in [0.25, 0.3) is 0 Å². The minimum absolute atomic E-state index is 0.256. The Balaban J connectivity index is 3.50. The Morgan fingerprint density at radius 2 is 2.27 bits per heavy atom. The normalized spacial score (nSPS) is 13.7. The summed E-state index contributed by atoms with van der Waals surface area (Å²) >= 11 is 0. The quantitative estimate of drug-likeness (QED) is 0.608. The van der Waals surface area contributed by atoms with Crippen LogP contribution in [0.2, 0.25) is 0 Å². The van der Waals surface area contributed by atoms with Crippen LogP contribution in [0, 0.1) is 5.92 Å². The van der Waals surface area contributed by atoms with Gasteiger partial charge in [-0.1, -0.05) is 19.1 Å². The summed E-state index contributed by atoms with van der Waals surface area (Å²) in [5.74, 6) is 0.632. The van der Waals surface area contributed by atoms with E-state index in [-0.39, 0.29) is 5.78 Å². The number of likely N-dealkylation sites (N-methyl/N-ethyl adjacent to an activating group) is 1. The number of hydrogen-bond donors (Lipinski definition) is 1. The van der Waals surface area contributed by atoms with Gasteiger partial charge in [0.2, 0.25) is 0 Å². The van der Waals surface area contributed by atoms with Gasteiger partial charge in [-0.25, -0.2) is 0 Å². The number of allylic oxidation sites excluding steroid dienone is 1. The molecule has 0 rings (SSSR count). The number of ketones is 1. The minimum Gasteiger partial charge on any atom is -0.316 e. The molecule has 0 aromatic heterocycles. The lowest BCUT2D eigenvalue weighted by molar-refractivity contribution is -0.117. The highest BCUT2D eigenvalue weighted by atomic mass is 16.1. The van der Waals surface area contributed by atoms with E-state index in [1.807, 2.05) is 20.0 Å². The number of carbonyl (C=O) groups is 1. The third-order valence-corrected chi connectivity index (χ3v) is 1.40. The van der Waals surface area contributed by atoms with Crippen LogP contribution in [-0.2, 0) is 4.79 Å². The molecular formula is C9H17NO. The maximum absolute atomic E-state index is 10.6. The second kappa shape index (κ2) is 6.10. The monoisotopic (exact) mass is 155 g/mol. The zero-order valence-electron chi connectivity index (χ0n) is 7.55. The maximum Gasteiger partial charge on any atom is 0.130 e. The van der Waals surface area contributed by atoms with Crippen molar-refractivity contribution in [2.75, 3.05) is 13.6 Å². The predicted molar refractivity (Wildman–Crippen MR) is 47.5 cm³/mol. The molecule has 11 heavy (non-hydrogen) atoms. The summed E-state index contributed by atoms with van der Waals surface area (Å²) in [7, 11) is 1.90. The van der Waals surface area contributed by atoms with Crippen molar-refractivity contribution >= 4 is 5.78 Å². The van der Waals surface area contributed by atoms with Crippen LogP contribution < -0.4 is 5.32 Å². The summed E-state index contributed by atoms with van der Waals surface area (Å²) in [6.45, 7) is 4.55. The van der Waals surface area contributed by atoms with Crippen molar-refractivity contribution < 1.29 is 4.79 Å². The van der Waals surface area contributed by atoms with Crippen LogP contribution in [0.25, 0.3) is 0 Å². The van der Waals surface area contributed by atoms with E-state index in [4.69, 9.17) is 0 Å². The van der Waals surface area contributed by atoms with Gasteiger partial charge < -0.3 is 10.1 Å². The molecule has 0 fully saturated rings. The van der Waals surface area contributed by atoms with E-state index in [9.17, 15) is 4.79 Å². The molecule has 0 aromatic rings. The minimum atomic E-state index is 0.256. The molecule has 0 aliphatic carbocycles. The van der Waals surface area contributed by atoms with Crippen molar-refractivity contribution in [2.24, 2.45) is 5.92 Å². The van der Waals surface area contributed by atoms with E-state index < -0.39 is 0 Å². The van der Waals surface area contributed by atoms with Crippen LogP contribution in [0.3, 0.4) is 0 Å². The SMILES string of the molecule is CNC/C=C/[C@@H](C)CC(C)=O. The topological polar surface area (TPSA) is 29.1 Å². The molecule has 0 aromatic carbocycles. The van der Waals surface area contributed by atoms with Gasteiger partial charge >= 0.3 is 0 Å². The molecule has 0 aliphatic rings. The van der Waals surface area contributed by atoms with Crippen molar-refractivity contribution in [3.8, 4) is 0 Å². The number of Topliss-reactive ketones (excluding diaryl/α,β-unsaturated/α-hetero) is 1. The van der Waals surface area contributed by atoms with Crippen molar-refractivity contribution in [2.45, 2.75) is 20.3 Å². The molecule has 2 heteroatoms. The van der Waals surface area contributed by atoms with Crippen molar-refractivity contribution in [3.05, 3.63) is 12.2 Å². The Hall–Kier alpha value is -0.630. The van der Waals surface area contributed by atoms with E-state index in [0.717, 1.165) is 6.54 Å². The van der Waals surface area contributed by atoms with Gasteiger partial charge in [0.1, 0.15) is 5.78 Å². The third-order valence-electron chi connectivity index (χ3n) is 1.40. The molecule has 0 heterocycles. The molecule has 0 aliphatic heterocycles. The Kier molecular flexibility index (Phi) is 5.75. The highest BCUT2D eigenvalue weighted by molar-refractivity contribution is 5.75. The molecule has 0 spiro atoms. The van der Waals surface area contributed by atoms with Crippen molar-refractivity contribution in [1.82, 2.24) is 5.32 Å². The average molecular weight is 155 g/mol. The number of nitrogens with one attached hydrogen (secondary N) is 1. The van der Waals surface area contributed by atoms with Crippen LogP contribution in [0.4, 0.5) is 0 Å². The van der Waals surface area contributed by atoms with Gasteiger partial charge in [-0.3, -0.25) is 0 Å². The lowest BCUT2D eigenvalue weighted by Crippen LogP contribution is -2.05. The van der Waals surface area contributed by atoms with E-state index in [1.165, 1.54) is 0 Å². The Morgan fingerprint density at radius 3 is 2.73 bits per heavy atom. The lowest BCUT2D eigenvalue weighted by atomic mass is 10.1. The van der Waals surface area contributed by atoms with Crippen molar-refractivity contribution in [3.63, 3.8) is 0 Å². The van der Waals surface area contributed by atoms with Crippen LogP contribution in [0.5, 0.6) is 0 Å². The van der Waals surface area contributed by atoms with Crippen LogP contribution in [-0.4, -0.2) is 19.4 Å². The fourth-order valence-corrected chi connectivity index (χ4v) is 0.940. The van der Waals surface area contributed by atoms with E-state index in [0.29, 0.717) is 12.3 Å². The smallest absolute Gasteiger partial charge is 0.130 e. The van der Waals surface area contributed by atoms with Crippen LogP contribution in [0.1, 0.15) is 20.3 Å². The fraction of sp³-hybridized carbons (Fsp3) is 0.667. The summed E-state index contributed by atoms with van der Waals surface area (Å²) < 4.78 is 0. The van der Waals surface area contributed by atoms with Gasteiger partial charge in [0.15, 0.2) is 0 Å². The van der Waals surface area contributed by atoms with Gasteiger partial charge in [0, 0.05) is 13.0 Å². The van der Waals surface area contributed by atoms with Gasteiger partial charge in [-0.05, 0) is 19.9 Å². The molecule has 0 saturated heterocycles. The number of rotatable bonds is 5. The Labute approximate surface area is 68.7 Å². The second-order valence-electron chi connectivity index (χ2n) is 2.87. The highest BCUT2D eigenvalue weighted by Crippen LogP contribution is 2.03. The summed E-state index contributed by atoms with van der Waals surface area (Å²) in [5.41, 5.74) is 0. The standard InChI is InChI=1S/C9H17NO/c1-8(7-9(2)11)5-4-6-10-3/h4-5,8,10H,6-7H2,1-3H3/b5-4+/t8-/m1/s1. The highest BCUT2D eigenvalue weighted by Gasteiger charge is 1.99. The maximum atomic E-state index is 10.6. The van der Waals surface area contributed by atoms with E-state index in [1.54, 1.807) is 6.92 Å². The summed E-state index contributed by atoms with van der Waals surface area (Å²) in [5, 5.41) is 3.00. The molecule has 1 atom stereocenters. The second-order valence-corrected chi connectivity index (χ2v) is 2.87. The molecule has 0 amide bonds. The molecule has 2 nitrogen and oxygen atoms in total. The lowest BCUT2D eigenvalue weighted by Gasteiger charge is -2.00. The largest absolute Gasteiger partial charge is 0.316 e. The Morgan fingerprint density at radius 1 is 1.64 bits per heavy atom. The molecule has 0 unspecified atom stereocenters. The molecule has 1 N–H and O–H groups in total. The number of carbonyl (C=O) groups excluding carboxylic acids is 1.